The summed E-state index contributed by atoms with van der Waals surface area (Å²) in [7, 11) is 0. The van der Waals surface area contributed by atoms with Crippen molar-refractivity contribution in [3.63, 3.8) is 0 Å². The lowest BCUT2D eigenvalue weighted by Gasteiger charge is -2.26. The third kappa shape index (κ3) is 3.27. The van der Waals surface area contributed by atoms with Gasteiger partial charge in [0.05, 0.1) is 32.2 Å². The van der Waals surface area contributed by atoms with E-state index in [-0.39, 0.29) is 11.9 Å². The van der Waals surface area contributed by atoms with Crippen molar-refractivity contribution >= 4 is 5.97 Å². The summed E-state index contributed by atoms with van der Waals surface area (Å²) in [6, 6.07) is 0. The first-order valence-electron chi connectivity index (χ1n) is 5.32. The zero-order valence-corrected chi connectivity index (χ0v) is 8.99. The highest BCUT2D eigenvalue weighted by Crippen LogP contribution is 2.11. The van der Waals surface area contributed by atoms with E-state index in [2.05, 4.69) is 0 Å². The molecule has 0 aliphatic carbocycles. The van der Waals surface area contributed by atoms with E-state index in [1.807, 2.05) is 13.8 Å². The number of rotatable bonds is 4. The fourth-order valence-corrected chi connectivity index (χ4v) is 1.46. The molecule has 1 aliphatic heterocycles. The predicted octanol–water partition coefficient (Wildman–Crippen LogP) is 1.21. The van der Waals surface area contributed by atoms with E-state index in [9.17, 15) is 4.79 Å². The van der Waals surface area contributed by atoms with E-state index in [0.717, 1.165) is 12.8 Å². The highest BCUT2D eigenvalue weighted by Gasteiger charge is 2.20. The lowest BCUT2D eigenvalue weighted by molar-refractivity contribution is -0.210. The van der Waals surface area contributed by atoms with Gasteiger partial charge < -0.3 is 9.57 Å². The van der Waals surface area contributed by atoms with E-state index in [1.165, 1.54) is 0 Å². The van der Waals surface area contributed by atoms with Crippen LogP contribution in [0.25, 0.3) is 0 Å². The van der Waals surface area contributed by atoms with Crippen LogP contribution in [0.4, 0.5) is 0 Å². The molecule has 0 aromatic heterocycles. The highest BCUT2D eigenvalue weighted by atomic mass is 16.7. The maximum absolute atomic E-state index is 11.6. The Kier molecular flexibility index (Phi) is 4.90. The maximum Gasteiger partial charge on any atom is 0.328 e. The van der Waals surface area contributed by atoms with Gasteiger partial charge in [-0.05, 0) is 12.8 Å². The zero-order chi connectivity index (χ0) is 10.4. The first-order valence-corrected chi connectivity index (χ1v) is 5.32. The van der Waals surface area contributed by atoms with Crippen molar-refractivity contribution < 1.29 is 14.4 Å². The van der Waals surface area contributed by atoms with Crippen molar-refractivity contribution in [1.29, 1.82) is 0 Å². The molecule has 82 valence electrons. The Bertz CT molecular complexity index is 174. The fraction of sp³-hybridized carbons (Fsp3) is 0.900. The van der Waals surface area contributed by atoms with Gasteiger partial charge in [0.2, 0.25) is 0 Å². The van der Waals surface area contributed by atoms with Crippen LogP contribution in [0.5, 0.6) is 0 Å². The van der Waals surface area contributed by atoms with Gasteiger partial charge in [0.1, 0.15) is 0 Å². The minimum Gasteiger partial charge on any atom is -0.379 e. The number of nitrogens with zero attached hydrogens (tertiary/aromatic N) is 1. The lowest BCUT2D eigenvalue weighted by Crippen LogP contribution is -2.39. The second kappa shape index (κ2) is 5.98. The third-order valence-corrected chi connectivity index (χ3v) is 2.51. The molecule has 1 rings (SSSR count). The smallest absolute Gasteiger partial charge is 0.328 e. The molecule has 1 fully saturated rings. The average Bonchev–Trinajstić information content (AvgIpc) is 2.21. The molecule has 1 aliphatic rings. The van der Waals surface area contributed by atoms with E-state index in [0.29, 0.717) is 26.3 Å². The number of hydroxylamine groups is 2. The second-order valence-electron chi connectivity index (χ2n) is 3.47. The van der Waals surface area contributed by atoms with E-state index in [4.69, 9.17) is 9.57 Å². The van der Waals surface area contributed by atoms with Crippen molar-refractivity contribution in [3.05, 3.63) is 0 Å². The standard InChI is InChI=1S/C10H19NO3/c1-3-9(4-2)10(12)14-11-5-7-13-8-6-11/h9H,3-8H2,1-2H3. The Morgan fingerprint density at radius 3 is 2.43 bits per heavy atom. The SMILES string of the molecule is CCC(CC)C(=O)ON1CCOCC1. The highest BCUT2D eigenvalue weighted by molar-refractivity contribution is 5.71. The Morgan fingerprint density at radius 2 is 1.93 bits per heavy atom. The summed E-state index contributed by atoms with van der Waals surface area (Å²) in [6.07, 6.45) is 1.69. The zero-order valence-electron chi connectivity index (χ0n) is 8.99. The van der Waals surface area contributed by atoms with Gasteiger partial charge in [-0.15, -0.1) is 5.06 Å². The predicted molar refractivity (Wildman–Crippen MR) is 52.6 cm³/mol. The normalized spacial score (nSPS) is 18.5. The minimum atomic E-state index is -0.100. The molecule has 0 unspecified atom stereocenters. The third-order valence-electron chi connectivity index (χ3n) is 2.51. The molecule has 0 radical (unpaired) electrons. The first-order chi connectivity index (χ1) is 6.77. The van der Waals surface area contributed by atoms with Crippen LogP contribution >= 0.6 is 0 Å². The van der Waals surface area contributed by atoms with Crippen molar-refractivity contribution in [3.8, 4) is 0 Å². The molecule has 0 N–H and O–H groups in total. The molecule has 4 heteroatoms. The van der Waals surface area contributed by atoms with Gasteiger partial charge in [-0.2, -0.15) is 0 Å². The van der Waals surface area contributed by atoms with E-state index in [1.54, 1.807) is 5.06 Å². The van der Waals surface area contributed by atoms with Crippen molar-refractivity contribution in [2.45, 2.75) is 26.7 Å². The quantitative estimate of drug-likeness (QED) is 0.685. The monoisotopic (exact) mass is 201 g/mol. The van der Waals surface area contributed by atoms with Gasteiger partial charge in [-0.1, -0.05) is 13.8 Å². The molecular weight excluding hydrogens is 182 g/mol. The molecule has 0 atom stereocenters. The van der Waals surface area contributed by atoms with Crippen LogP contribution in [0, 0.1) is 5.92 Å². The second-order valence-corrected chi connectivity index (χ2v) is 3.47. The van der Waals surface area contributed by atoms with Gasteiger partial charge in [0, 0.05) is 0 Å². The number of morpholine rings is 1. The molecular formula is C10H19NO3. The van der Waals surface area contributed by atoms with Gasteiger partial charge in [0.15, 0.2) is 0 Å². The molecule has 4 nitrogen and oxygen atoms in total. The first kappa shape index (κ1) is 11.5. The number of carbonyl (C=O) groups excluding carboxylic acids is 1. The van der Waals surface area contributed by atoms with E-state index >= 15 is 0 Å². The molecule has 14 heavy (non-hydrogen) atoms. The molecule has 0 amide bonds. The largest absolute Gasteiger partial charge is 0.379 e. The van der Waals surface area contributed by atoms with Crippen molar-refractivity contribution in [1.82, 2.24) is 5.06 Å². The van der Waals surface area contributed by atoms with Crippen LogP contribution in [0.3, 0.4) is 0 Å². The van der Waals surface area contributed by atoms with Gasteiger partial charge >= 0.3 is 5.97 Å². The molecule has 0 aromatic carbocycles. The van der Waals surface area contributed by atoms with Gasteiger partial charge in [0.25, 0.3) is 0 Å². The van der Waals surface area contributed by atoms with Crippen LogP contribution < -0.4 is 0 Å². The topological polar surface area (TPSA) is 38.8 Å². The Hall–Kier alpha value is -0.610. The summed E-state index contributed by atoms with van der Waals surface area (Å²) in [5, 5.41) is 1.70. The Labute approximate surface area is 85.1 Å². The molecule has 0 bridgehead atoms. The average molecular weight is 201 g/mol. The minimum absolute atomic E-state index is 0.0397. The number of hydrogen-bond acceptors (Lipinski definition) is 4. The molecule has 0 aromatic rings. The Morgan fingerprint density at radius 1 is 1.36 bits per heavy atom. The summed E-state index contributed by atoms with van der Waals surface area (Å²) in [4.78, 5) is 16.8. The molecule has 1 saturated heterocycles. The van der Waals surface area contributed by atoms with Crippen LogP contribution in [-0.2, 0) is 14.4 Å². The van der Waals surface area contributed by atoms with Crippen LogP contribution in [0.1, 0.15) is 26.7 Å². The molecule has 0 spiro atoms. The number of carbonyl (C=O) groups is 1. The fourth-order valence-electron chi connectivity index (χ4n) is 1.46. The molecule has 1 heterocycles. The van der Waals surface area contributed by atoms with Crippen molar-refractivity contribution in [2.75, 3.05) is 26.3 Å². The lowest BCUT2D eigenvalue weighted by atomic mass is 10.0. The maximum atomic E-state index is 11.6. The summed E-state index contributed by atoms with van der Waals surface area (Å²) < 4.78 is 5.16. The van der Waals surface area contributed by atoms with Crippen LogP contribution in [-0.4, -0.2) is 37.3 Å². The van der Waals surface area contributed by atoms with Crippen LogP contribution in [0.2, 0.25) is 0 Å². The summed E-state index contributed by atoms with van der Waals surface area (Å²) >= 11 is 0. The summed E-state index contributed by atoms with van der Waals surface area (Å²) in [5.41, 5.74) is 0. The summed E-state index contributed by atoms with van der Waals surface area (Å²) in [5.74, 6) is -0.0604. The molecule has 0 saturated carbocycles. The van der Waals surface area contributed by atoms with Crippen LogP contribution in [0.15, 0.2) is 0 Å². The Balaban J connectivity index is 2.30. The summed E-state index contributed by atoms with van der Waals surface area (Å²) in [6.45, 7) is 6.69. The number of ether oxygens (including phenoxy) is 1. The number of hydrogen-bond donors (Lipinski definition) is 0. The van der Waals surface area contributed by atoms with Gasteiger partial charge in [-0.3, -0.25) is 4.79 Å². The van der Waals surface area contributed by atoms with Gasteiger partial charge in [-0.25, -0.2) is 0 Å². The van der Waals surface area contributed by atoms with E-state index < -0.39 is 0 Å². The van der Waals surface area contributed by atoms with Crippen molar-refractivity contribution in [2.24, 2.45) is 5.92 Å².